The van der Waals surface area contributed by atoms with Gasteiger partial charge in [0.05, 0.1) is 4.90 Å². The molecule has 3 heterocycles. The quantitative estimate of drug-likeness (QED) is 0.318. The molecule has 1 aliphatic heterocycles. The second kappa shape index (κ2) is 10.6. The Hall–Kier alpha value is -3.89. The van der Waals surface area contributed by atoms with E-state index in [1.165, 1.54) is 18.4 Å². The Morgan fingerprint density at radius 2 is 1.65 bits per heavy atom. The zero-order valence-electron chi connectivity index (χ0n) is 23.4. The van der Waals surface area contributed by atoms with Crippen LogP contribution in [0.15, 0.2) is 76.4 Å². The fraction of sp³-hybridized carbons (Fsp3) is 0.333. The van der Waals surface area contributed by atoms with E-state index in [2.05, 4.69) is 34.1 Å². The third-order valence-corrected chi connectivity index (χ3v) is 8.64. The lowest BCUT2D eigenvalue weighted by atomic mass is 10.0. The number of aromatic nitrogens is 1. The van der Waals surface area contributed by atoms with Crippen LogP contribution in [0.5, 0.6) is 0 Å². The van der Waals surface area contributed by atoms with Crippen molar-refractivity contribution < 1.29 is 22.4 Å². The number of fused-ring (bicyclic) bond motifs is 1. The van der Waals surface area contributed by atoms with E-state index in [9.17, 15) is 13.2 Å². The summed E-state index contributed by atoms with van der Waals surface area (Å²) in [5.41, 5.74) is 5.25. The Morgan fingerprint density at radius 3 is 2.30 bits per heavy atom. The molecule has 0 saturated carbocycles. The summed E-state index contributed by atoms with van der Waals surface area (Å²) in [5, 5.41) is 0. The van der Waals surface area contributed by atoms with Crippen molar-refractivity contribution in [2.75, 3.05) is 45.2 Å². The number of hydrogen-bond acceptors (Lipinski definition) is 7. The molecule has 1 amide bonds. The number of sulfonamides is 1. The van der Waals surface area contributed by atoms with Crippen molar-refractivity contribution in [1.82, 2.24) is 14.2 Å². The second-order valence-corrected chi connectivity index (χ2v) is 13.2. The van der Waals surface area contributed by atoms with Crippen LogP contribution in [0, 0.1) is 0 Å². The molecule has 0 atom stereocenters. The molecule has 1 aliphatic rings. The van der Waals surface area contributed by atoms with E-state index in [0.717, 1.165) is 41.0 Å². The molecular formula is C30H34N4O5S. The summed E-state index contributed by atoms with van der Waals surface area (Å²) >= 11 is 0. The van der Waals surface area contributed by atoms with Crippen LogP contribution < -0.4 is 4.90 Å². The minimum Gasteiger partial charge on any atom is -0.462 e. The van der Waals surface area contributed by atoms with E-state index in [1.807, 2.05) is 32.9 Å². The highest BCUT2D eigenvalue weighted by atomic mass is 32.2. The maximum Gasteiger partial charge on any atom is 0.410 e. The molecule has 0 aliphatic carbocycles. The molecule has 4 aromatic rings. The number of hydrogen-bond donors (Lipinski definition) is 0. The first-order valence-electron chi connectivity index (χ1n) is 13.2. The van der Waals surface area contributed by atoms with Gasteiger partial charge >= 0.3 is 6.09 Å². The molecule has 10 heteroatoms. The van der Waals surface area contributed by atoms with E-state index in [4.69, 9.17) is 9.15 Å². The van der Waals surface area contributed by atoms with Crippen LogP contribution in [-0.4, -0.2) is 74.6 Å². The predicted octanol–water partition coefficient (Wildman–Crippen LogP) is 5.47. The largest absolute Gasteiger partial charge is 0.462 e. The fourth-order valence-electron chi connectivity index (χ4n) is 4.65. The normalized spacial score (nSPS) is 14.7. The van der Waals surface area contributed by atoms with Gasteiger partial charge in [-0.25, -0.2) is 17.5 Å². The monoisotopic (exact) mass is 562 g/mol. The molecule has 2 aromatic heterocycles. The number of piperazine rings is 1. The van der Waals surface area contributed by atoms with Crippen molar-refractivity contribution in [3.63, 3.8) is 0 Å². The highest BCUT2D eigenvalue weighted by molar-refractivity contribution is 7.89. The smallest absolute Gasteiger partial charge is 0.410 e. The van der Waals surface area contributed by atoms with Crippen molar-refractivity contribution in [2.45, 2.75) is 31.3 Å². The van der Waals surface area contributed by atoms with Crippen molar-refractivity contribution in [3.05, 3.63) is 67.1 Å². The lowest BCUT2D eigenvalue weighted by molar-refractivity contribution is 0.0240. The van der Waals surface area contributed by atoms with Gasteiger partial charge in [-0.1, -0.05) is 24.3 Å². The van der Waals surface area contributed by atoms with E-state index < -0.39 is 15.6 Å². The molecule has 0 N–H and O–H groups in total. The summed E-state index contributed by atoms with van der Waals surface area (Å²) in [6.07, 6.45) is 3.15. The third kappa shape index (κ3) is 5.68. The molecular weight excluding hydrogens is 528 g/mol. The summed E-state index contributed by atoms with van der Waals surface area (Å²) in [7, 11) is -0.533. The summed E-state index contributed by atoms with van der Waals surface area (Å²) in [6.45, 7) is 8.32. The van der Waals surface area contributed by atoms with Gasteiger partial charge in [0.15, 0.2) is 5.58 Å². The molecule has 0 unspecified atom stereocenters. The second-order valence-electron chi connectivity index (χ2n) is 11.0. The van der Waals surface area contributed by atoms with Crippen LogP contribution in [0.1, 0.15) is 20.8 Å². The average molecular weight is 563 g/mol. The number of anilines is 1. The number of amides is 1. The number of ether oxygens (including phenoxy) is 1. The van der Waals surface area contributed by atoms with Gasteiger partial charge in [0, 0.05) is 63.3 Å². The Morgan fingerprint density at radius 1 is 0.950 bits per heavy atom. The van der Waals surface area contributed by atoms with Gasteiger partial charge in [-0.3, -0.25) is 4.98 Å². The van der Waals surface area contributed by atoms with Crippen molar-refractivity contribution in [2.24, 2.45) is 0 Å². The molecule has 0 bridgehead atoms. The minimum atomic E-state index is -3.56. The fourth-order valence-corrected chi connectivity index (χ4v) is 5.60. The SMILES string of the molecule is CN(C)S(=O)(=O)c1cccc(-c2coc3cc(-c4ccc(N5CCN(C(=O)OC(C)(C)C)CC5)cc4)cnc23)c1. The van der Waals surface area contributed by atoms with Crippen molar-refractivity contribution >= 4 is 32.9 Å². The lowest BCUT2D eigenvalue weighted by Crippen LogP contribution is -2.50. The molecule has 5 rings (SSSR count). The van der Waals surface area contributed by atoms with Crippen LogP contribution in [0.3, 0.4) is 0 Å². The van der Waals surface area contributed by atoms with E-state index in [-0.39, 0.29) is 11.0 Å². The number of benzene rings is 2. The molecule has 1 fully saturated rings. The van der Waals surface area contributed by atoms with E-state index >= 15 is 0 Å². The number of furan rings is 1. The zero-order valence-corrected chi connectivity index (χ0v) is 24.2. The standard InChI is InChI=1S/C30H34N4O5S/c1-30(2,3)39-29(35)34-15-13-33(14-16-34)24-11-9-21(10-12-24)23-18-27-28(31-19-23)26(20-38-27)22-7-6-8-25(17-22)40(36,37)32(4)5/h6-12,17-20H,13-16H2,1-5H3. The molecule has 9 nitrogen and oxygen atoms in total. The van der Waals surface area contributed by atoms with Crippen LogP contribution >= 0.6 is 0 Å². The van der Waals surface area contributed by atoms with Gasteiger partial charge in [-0.15, -0.1) is 0 Å². The van der Waals surface area contributed by atoms with Crippen LogP contribution in [0.25, 0.3) is 33.4 Å². The first-order chi connectivity index (χ1) is 18.9. The van der Waals surface area contributed by atoms with Gasteiger partial charge in [0.1, 0.15) is 17.4 Å². The average Bonchev–Trinajstić information content (AvgIpc) is 3.36. The van der Waals surface area contributed by atoms with E-state index in [0.29, 0.717) is 24.2 Å². The highest BCUT2D eigenvalue weighted by Crippen LogP contribution is 2.33. The summed E-state index contributed by atoms with van der Waals surface area (Å²) in [6, 6.07) is 17.0. The van der Waals surface area contributed by atoms with E-state index in [1.54, 1.807) is 35.6 Å². The Balaban J connectivity index is 1.30. The molecule has 210 valence electrons. The number of carbonyl (C=O) groups is 1. The first-order valence-corrected chi connectivity index (χ1v) is 14.6. The molecule has 1 saturated heterocycles. The predicted molar refractivity (Wildman–Crippen MR) is 156 cm³/mol. The molecule has 2 aromatic carbocycles. The van der Waals surface area contributed by atoms with Gasteiger partial charge in [0.25, 0.3) is 0 Å². The maximum absolute atomic E-state index is 12.6. The summed E-state index contributed by atoms with van der Waals surface area (Å²) in [5.74, 6) is 0. The molecule has 0 radical (unpaired) electrons. The maximum atomic E-state index is 12.6. The highest BCUT2D eigenvalue weighted by Gasteiger charge is 2.26. The Kier molecular flexibility index (Phi) is 7.32. The van der Waals surface area contributed by atoms with Gasteiger partial charge in [0.2, 0.25) is 10.0 Å². The number of pyridine rings is 1. The van der Waals surface area contributed by atoms with Gasteiger partial charge in [-0.2, -0.15) is 0 Å². The number of rotatable bonds is 5. The van der Waals surface area contributed by atoms with Crippen molar-refractivity contribution in [3.8, 4) is 22.3 Å². The van der Waals surface area contributed by atoms with Crippen LogP contribution in [0.4, 0.5) is 10.5 Å². The Bertz CT molecular complexity index is 1630. The summed E-state index contributed by atoms with van der Waals surface area (Å²) in [4.78, 5) is 21.3. The first kappa shape index (κ1) is 27.7. The van der Waals surface area contributed by atoms with Crippen molar-refractivity contribution in [1.29, 1.82) is 0 Å². The number of nitrogens with zero attached hydrogens (tertiary/aromatic N) is 4. The summed E-state index contributed by atoms with van der Waals surface area (Å²) < 4.78 is 37.7. The Labute approximate surface area is 235 Å². The topological polar surface area (TPSA) is 96.2 Å². The zero-order chi connectivity index (χ0) is 28.7. The van der Waals surface area contributed by atoms with Crippen LogP contribution in [-0.2, 0) is 14.8 Å². The van der Waals surface area contributed by atoms with Crippen LogP contribution in [0.2, 0.25) is 0 Å². The minimum absolute atomic E-state index is 0.215. The van der Waals surface area contributed by atoms with Gasteiger partial charge in [-0.05, 0) is 62.2 Å². The molecule has 0 spiro atoms. The lowest BCUT2D eigenvalue weighted by Gasteiger charge is -2.36. The molecule has 40 heavy (non-hydrogen) atoms. The third-order valence-electron chi connectivity index (χ3n) is 6.83. The number of carbonyl (C=O) groups excluding carboxylic acids is 1. The van der Waals surface area contributed by atoms with Gasteiger partial charge < -0.3 is 19.0 Å².